The van der Waals surface area contributed by atoms with E-state index in [9.17, 15) is 0 Å². The number of rotatable bonds is 5. The van der Waals surface area contributed by atoms with E-state index in [-0.39, 0.29) is 6.61 Å². The van der Waals surface area contributed by atoms with E-state index in [2.05, 4.69) is 5.32 Å². The molecular weight excluding hydrogens is 270 g/mol. The van der Waals surface area contributed by atoms with E-state index in [1.54, 1.807) is 6.07 Å². The second kappa shape index (κ2) is 5.33. The largest absolute Gasteiger partial charge is 0.462 e. The number of hydrogen-bond donors (Lipinski definition) is 2. The summed E-state index contributed by atoms with van der Waals surface area (Å²) in [5.41, 5.74) is 0.930. The predicted molar refractivity (Wildman–Crippen MR) is 78.4 cm³/mol. The van der Waals surface area contributed by atoms with Crippen molar-refractivity contribution in [3.05, 3.63) is 41.9 Å². The molecule has 1 aliphatic rings. The summed E-state index contributed by atoms with van der Waals surface area (Å²) in [6.07, 6.45) is 0.779. The van der Waals surface area contributed by atoms with Gasteiger partial charge in [0.15, 0.2) is 11.5 Å². The average Bonchev–Trinajstić information content (AvgIpc) is 3.08. The molecule has 0 saturated carbocycles. The van der Waals surface area contributed by atoms with E-state index < -0.39 is 5.79 Å². The highest BCUT2D eigenvalue weighted by Crippen LogP contribution is 2.42. The van der Waals surface area contributed by atoms with Crippen LogP contribution in [0, 0.1) is 0 Å². The zero-order valence-electron chi connectivity index (χ0n) is 12.2. The van der Waals surface area contributed by atoms with E-state index in [4.69, 9.17) is 19.0 Å². The molecule has 2 heterocycles. The SMILES string of the molecule is CC[C@]1(C)Oc2ccc(NCc3ccc(CO)o3)cc2O1. The summed E-state index contributed by atoms with van der Waals surface area (Å²) >= 11 is 0. The molecule has 0 amide bonds. The summed E-state index contributed by atoms with van der Waals surface area (Å²) < 4.78 is 17.1. The van der Waals surface area contributed by atoms with Crippen LogP contribution in [0.4, 0.5) is 5.69 Å². The molecule has 1 aliphatic heterocycles. The zero-order chi connectivity index (χ0) is 14.9. The maximum atomic E-state index is 8.97. The van der Waals surface area contributed by atoms with Crippen molar-refractivity contribution in [1.29, 1.82) is 0 Å². The van der Waals surface area contributed by atoms with E-state index in [0.29, 0.717) is 12.3 Å². The van der Waals surface area contributed by atoms with Gasteiger partial charge in [-0.1, -0.05) is 6.92 Å². The van der Waals surface area contributed by atoms with Crippen molar-refractivity contribution in [2.45, 2.75) is 39.2 Å². The van der Waals surface area contributed by atoms with Crippen LogP contribution < -0.4 is 14.8 Å². The van der Waals surface area contributed by atoms with Gasteiger partial charge in [-0.05, 0) is 24.3 Å². The molecule has 5 heteroatoms. The van der Waals surface area contributed by atoms with Gasteiger partial charge in [0.1, 0.15) is 18.1 Å². The van der Waals surface area contributed by atoms with Crippen molar-refractivity contribution >= 4 is 5.69 Å². The lowest BCUT2D eigenvalue weighted by atomic mass is 10.2. The normalized spacial score (nSPS) is 19.8. The van der Waals surface area contributed by atoms with Gasteiger partial charge < -0.3 is 24.3 Å². The van der Waals surface area contributed by atoms with Crippen LogP contribution in [-0.4, -0.2) is 10.9 Å². The molecule has 0 aliphatic carbocycles. The monoisotopic (exact) mass is 289 g/mol. The Kier molecular flexibility index (Phi) is 3.51. The number of benzene rings is 1. The highest BCUT2D eigenvalue weighted by atomic mass is 16.7. The maximum absolute atomic E-state index is 8.97. The maximum Gasteiger partial charge on any atom is 0.248 e. The molecule has 1 aromatic carbocycles. The van der Waals surface area contributed by atoms with Gasteiger partial charge in [-0.25, -0.2) is 0 Å². The van der Waals surface area contributed by atoms with Gasteiger partial charge in [-0.2, -0.15) is 0 Å². The van der Waals surface area contributed by atoms with Crippen LogP contribution in [-0.2, 0) is 13.2 Å². The fourth-order valence-electron chi connectivity index (χ4n) is 2.20. The van der Waals surface area contributed by atoms with Crippen LogP contribution in [0.25, 0.3) is 0 Å². The molecule has 5 nitrogen and oxygen atoms in total. The highest BCUT2D eigenvalue weighted by Gasteiger charge is 2.34. The fourth-order valence-corrected chi connectivity index (χ4v) is 2.20. The lowest BCUT2D eigenvalue weighted by Crippen LogP contribution is -2.33. The highest BCUT2D eigenvalue weighted by molar-refractivity contribution is 5.56. The van der Waals surface area contributed by atoms with Gasteiger partial charge in [-0.3, -0.25) is 0 Å². The van der Waals surface area contributed by atoms with Gasteiger partial charge in [0.25, 0.3) is 0 Å². The van der Waals surface area contributed by atoms with Crippen LogP contribution >= 0.6 is 0 Å². The number of anilines is 1. The second-order valence-electron chi connectivity index (χ2n) is 5.23. The summed E-state index contributed by atoms with van der Waals surface area (Å²) in [7, 11) is 0. The Bertz CT molecular complexity index is 637. The molecule has 0 spiro atoms. The third-order valence-electron chi connectivity index (χ3n) is 3.58. The van der Waals surface area contributed by atoms with Crippen LogP contribution in [0.3, 0.4) is 0 Å². The Morgan fingerprint density at radius 2 is 1.86 bits per heavy atom. The van der Waals surface area contributed by atoms with Crippen LogP contribution in [0.1, 0.15) is 31.8 Å². The van der Waals surface area contributed by atoms with Crippen molar-refractivity contribution in [2.75, 3.05) is 5.32 Å². The summed E-state index contributed by atoms with van der Waals surface area (Å²) in [5.74, 6) is 2.29. The van der Waals surface area contributed by atoms with Crippen molar-refractivity contribution in [3.8, 4) is 11.5 Å². The molecule has 2 N–H and O–H groups in total. The third-order valence-corrected chi connectivity index (χ3v) is 3.58. The minimum atomic E-state index is -0.571. The molecule has 112 valence electrons. The number of aliphatic hydroxyl groups excluding tert-OH is 1. The Morgan fingerprint density at radius 1 is 1.10 bits per heavy atom. The number of nitrogens with one attached hydrogen (secondary N) is 1. The number of ether oxygens (including phenoxy) is 2. The second-order valence-corrected chi connectivity index (χ2v) is 5.23. The molecule has 2 aromatic rings. The number of fused-ring (bicyclic) bond motifs is 1. The molecule has 21 heavy (non-hydrogen) atoms. The van der Waals surface area contributed by atoms with E-state index in [0.717, 1.165) is 29.4 Å². The molecule has 0 bridgehead atoms. The van der Waals surface area contributed by atoms with Crippen molar-refractivity contribution < 1.29 is 19.0 Å². The van der Waals surface area contributed by atoms with Crippen LogP contribution in [0.2, 0.25) is 0 Å². The first kappa shape index (κ1) is 13.8. The number of hydrogen-bond acceptors (Lipinski definition) is 5. The van der Waals surface area contributed by atoms with Gasteiger partial charge in [-0.15, -0.1) is 0 Å². The standard InChI is InChI=1S/C16H19NO4/c1-3-16(2)20-14-7-4-11(8-15(14)21-16)17-9-12-5-6-13(10-18)19-12/h4-8,17-18H,3,9-10H2,1-2H3/t16-/m1/s1. The molecule has 0 fully saturated rings. The van der Waals surface area contributed by atoms with Crippen LogP contribution in [0.5, 0.6) is 11.5 Å². The Balaban J connectivity index is 1.67. The first-order valence-electron chi connectivity index (χ1n) is 7.06. The molecule has 0 saturated heterocycles. The van der Waals surface area contributed by atoms with Gasteiger partial charge in [0.2, 0.25) is 5.79 Å². The van der Waals surface area contributed by atoms with Gasteiger partial charge in [0.05, 0.1) is 6.54 Å². The molecule has 3 rings (SSSR count). The first-order chi connectivity index (χ1) is 10.1. The van der Waals surface area contributed by atoms with E-state index in [1.807, 2.05) is 38.1 Å². The Morgan fingerprint density at radius 3 is 2.57 bits per heavy atom. The van der Waals surface area contributed by atoms with Crippen molar-refractivity contribution in [1.82, 2.24) is 0 Å². The molecule has 1 atom stereocenters. The van der Waals surface area contributed by atoms with Gasteiger partial charge in [0, 0.05) is 25.1 Å². The fraction of sp³-hybridized carbons (Fsp3) is 0.375. The molecule has 0 unspecified atom stereocenters. The van der Waals surface area contributed by atoms with Crippen molar-refractivity contribution in [3.63, 3.8) is 0 Å². The zero-order valence-corrected chi connectivity index (χ0v) is 12.2. The average molecular weight is 289 g/mol. The summed E-state index contributed by atoms with van der Waals surface area (Å²) in [4.78, 5) is 0. The lowest BCUT2D eigenvalue weighted by molar-refractivity contribution is -0.0640. The number of aliphatic hydroxyl groups is 1. The number of furan rings is 1. The molecule has 0 radical (unpaired) electrons. The lowest BCUT2D eigenvalue weighted by Gasteiger charge is -2.20. The smallest absolute Gasteiger partial charge is 0.248 e. The Hall–Kier alpha value is -2.14. The summed E-state index contributed by atoms with van der Waals surface area (Å²) in [6.45, 7) is 4.42. The topological polar surface area (TPSA) is 63.9 Å². The van der Waals surface area contributed by atoms with Crippen LogP contribution in [0.15, 0.2) is 34.7 Å². The summed E-state index contributed by atoms with van der Waals surface area (Å²) in [5, 5.41) is 12.2. The third kappa shape index (κ3) is 2.83. The van der Waals surface area contributed by atoms with E-state index >= 15 is 0 Å². The predicted octanol–water partition coefficient (Wildman–Crippen LogP) is 3.28. The quantitative estimate of drug-likeness (QED) is 0.884. The molecule has 1 aromatic heterocycles. The van der Waals surface area contributed by atoms with Gasteiger partial charge >= 0.3 is 0 Å². The van der Waals surface area contributed by atoms with Crippen molar-refractivity contribution in [2.24, 2.45) is 0 Å². The first-order valence-corrected chi connectivity index (χ1v) is 7.06. The minimum Gasteiger partial charge on any atom is -0.462 e. The molecular formula is C16H19NO4. The Labute approximate surface area is 123 Å². The minimum absolute atomic E-state index is 0.0837. The summed E-state index contributed by atoms with van der Waals surface area (Å²) in [6, 6.07) is 9.38. The van der Waals surface area contributed by atoms with E-state index in [1.165, 1.54) is 0 Å².